The number of carbonyl (C=O) groups is 1. The van der Waals surface area contributed by atoms with E-state index in [1.165, 1.54) is 7.11 Å². The van der Waals surface area contributed by atoms with Crippen LogP contribution in [0.2, 0.25) is 5.02 Å². The number of methoxy groups -OCH3 is 1. The fourth-order valence-corrected chi connectivity index (χ4v) is 2.88. The Bertz CT molecular complexity index is 662. The molecule has 0 spiro atoms. The zero-order chi connectivity index (χ0) is 15.5. The predicted octanol–water partition coefficient (Wildman–Crippen LogP) is 4.60. The third kappa shape index (κ3) is 3.39. The van der Waals surface area contributed by atoms with Crippen LogP contribution in [0.1, 0.15) is 12.5 Å². The summed E-state index contributed by atoms with van der Waals surface area (Å²) in [7, 11) is 1.36. The molecule has 1 atom stereocenters. The Balaban J connectivity index is 2.48. The molecule has 0 heterocycles. The number of rotatable bonds is 4. The first kappa shape index (κ1) is 15.9. The van der Waals surface area contributed by atoms with E-state index >= 15 is 0 Å². The monoisotopic (exact) mass is 367 g/mol. The van der Waals surface area contributed by atoms with E-state index < -0.39 is 11.5 Å². The molecule has 0 fully saturated rings. The standard InChI is InChI=1S/C16H15BrClNO2/c1-16(15(20)21-2,13-8-3-4-9-14(13)18)19-12-7-5-6-11(17)10-12/h3-10,19H,1-2H3. The number of esters is 1. The van der Waals surface area contributed by atoms with Gasteiger partial charge < -0.3 is 10.1 Å². The molecule has 1 N–H and O–H groups in total. The molecule has 0 aliphatic rings. The van der Waals surface area contributed by atoms with Crippen molar-refractivity contribution >= 4 is 39.2 Å². The third-order valence-corrected chi connectivity index (χ3v) is 4.05. The summed E-state index contributed by atoms with van der Waals surface area (Å²) in [5.41, 5.74) is 0.379. The van der Waals surface area contributed by atoms with Crippen LogP contribution in [0, 0.1) is 0 Å². The van der Waals surface area contributed by atoms with E-state index in [1.54, 1.807) is 13.0 Å². The average Bonchev–Trinajstić information content (AvgIpc) is 2.46. The molecule has 0 aromatic heterocycles. The molecular formula is C16H15BrClNO2. The molecule has 2 aromatic carbocycles. The summed E-state index contributed by atoms with van der Waals surface area (Å²) in [6.07, 6.45) is 0. The number of ether oxygens (including phenoxy) is 1. The van der Waals surface area contributed by atoms with Gasteiger partial charge in [0.05, 0.1) is 7.11 Å². The maximum Gasteiger partial charge on any atom is 0.335 e. The lowest BCUT2D eigenvalue weighted by Crippen LogP contribution is -2.41. The molecule has 0 radical (unpaired) electrons. The van der Waals surface area contributed by atoms with Crippen molar-refractivity contribution in [3.05, 3.63) is 63.6 Å². The highest BCUT2D eigenvalue weighted by atomic mass is 79.9. The number of hydrogen-bond acceptors (Lipinski definition) is 3. The second-order valence-electron chi connectivity index (χ2n) is 4.73. The van der Waals surface area contributed by atoms with Gasteiger partial charge in [0.15, 0.2) is 5.54 Å². The Morgan fingerprint density at radius 3 is 2.57 bits per heavy atom. The smallest absolute Gasteiger partial charge is 0.335 e. The van der Waals surface area contributed by atoms with E-state index in [4.69, 9.17) is 16.3 Å². The molecule has 0 aliphatic heterocycles. The SMILES string of the molecule is COC(=O)C(C)(Nc1cccc(Br)c1)c1ccccc1Cl. The summed E-state index contributed by atoms with van der Waals surface area (Å²) in [5, 5.41) is 3.72. The molecule has 3 nitrogen and oxygen atoms in total. The summed E-state index contributed by atoms with van der Waals surface area (Å²) in [6.45, 7) is 1.75. The molecule has 2 rings (SSSR count). The van der Waals surface area contributed by atoms with Crippen LogP contribution >= 0.6 is 27.5 Å². The topological polar surface area (TPSA) is 38.3 Å². The molecule has 0 amide bonds. The second kappa shape index (κ2) is 6.50. The first-order chi connectivity index (χ1) is 9.97. The minimum Gasteiger partial charge on any atom is -0.467 e. The van der Waals surface area contributed by atoms with E-state index in [0.717, 1.165) is 10.2 Å². The molecule has 21 heavy (non-hydrogen) atoms. The highest BCUT2D eigenvalue weighted by molar-refractivity contribution is 9.10. The lowest BCUT2D eigenvalue weighted by molar-refractivity contribution is -0.145. The molecule has 0 saturated carbocycles. The van der Waals surface area contributed by atoms with Gasteiger partial charge in [-0.05, 0) is 31.2 Å². The van der Waals surface area contributed by atoms with Crippen LogP contribution in [0.15, 0.2) is 53.0 Å². The number of carbonyl (C=O) groups excluding carboxylic acids is 1. The van der Waals surface area contributed by atoms with Gasteiger partial charge in [0.2, 0.25) is 0 Å². The van der Waals surface area contributed by atoms with E-state index in [2.05, 4.69) is 21.2 Å². The van der Waals surface area contributed by atoms with Gasteiger partial charge in [0.1, 0.15) is 0 Å². The maximum atomic E-state index is 12.3. The van der Waals surface area contributed by atoms with Crippen LogP contribution < -0.4 is 5.32 Å². The molecule has 0 bridgehead atoms. The van der Waals surface area contributed by atoms with Gasteiger partial charge in [-0.25, -0.2) is 4.79 Å². The van der Waals surface area contributed by atoms with Gasteiger partial charge in [-0.15, -0.1) is 0 Å². The van der Waals surface area contributed by atoms with Crippen molar-refractivity contribution < 1.29 is 9.53 Å². The lowest BCUT2D eigenvalue weighted by atomic mass is 9.91. The largest absolute Gasteiger partial charge is 0.467 e. The zero-order valence-corrected chi connectivity index (χ0v) is 14.0. The number of halogens is 2. The minimum atomic E-state index is -1.08. The minimum absolute atomic E-state index is 0.407. The highest BCUT2D eigenvalue weighted by Gasteiger charge is 2.38. The van der Waals surface area contributed by atoms with E-state index in [0.29, 0.717) is 10.6 Å². The Morgan fingerprint density at radius 2 is 1.95 bits per heavy atom. The van der Waals surface area contributed by atoms with Crippen LogP contribution in [0.3, 0.4) is 0 Å². The van der Waals surface area contributed by atoms with Crippen LogP contribution in [0.5, 0.6) is 0 Å². The van der Waals surface area contributed by atoms with Crippen molar-refractivity contribution in [1.29, 1.82) is 0 Å². The summed E-state index contributed by atoms with van der Waals surface area (Å²) < 4.78 is 5.87. The number of benzene rings is 2. The Labute approximate surface area is 137 Å². The van der Waals surface area contributed by atoms with Crippen molar-refractivity contribution in [1.82, 2.24) is 0 Å². The molecule has 0 aliphatic carbocycles. The van der Waals surface area contributed by atoms with Gasteiger partial charge in [-0.2, -0.15) is 0 Å². The fourth-order valence-electron chi connectivity index (χ4n) is 2.15. The fraction of sp³-hybridized carbons (Fsp3) is 0.188. The first-order valence-electron chi connectivity index (χ1n) is 6.34. The van der Waals surface area contributed by atoms with Gasteiger partial charge in [0.25, 0.3) is 0 Å². The summed E-state index contributed by atoms with van der Waals surface area (Å²) in [6, 6.07) is 14.8. The summed E-state index contributed by atoms with van der Waals surface area (Å²) in [4.78, 5) is 12.3. The second-order valence-corrected chi connectivity index (χ2v) is 6.05. The van der Waals surface area contributed by atoms with Crippen LogP contribution in [-0.4, -0.2) is 13.1 Å². The Morgan fingerprint density at radius 1 is 1.24 bits per heavy atom. The number of anilines is 1. The predicted molar refractivity (Wildman–Crippen MR) is 88.6 cm³/mol. The highest BCUT2D eigenvalue weighted by Crippen LogP contribution is 2.33. The van der Waals surface area contributed by atoms with Gasteiger partial charge in [0, 0.05) is 20.7 Å². The van der Waals surface area contributed by atoms with Crippen molar-refractivity contribution in [3.63, 3.8) is 0 Å². The molecule has 0 saturated heterocycles. The summed E-state index contributed by atoms with van der Waals surface area (Å²) in [5.74, 6) is -0.407. The maximum absolute atomic E-state index is 12.3. The van der Waals surface area contributed by atoms with Crippen molar-refractivity contribution in [2.45, 2.75) is 12.5 Å². The summed E-state index contributed by atoms with van der Waals surface area (Å²) >= 11 is 9.66. The van der Waals surface area contributed by atoms with E-state index in [9.17, 15) is 4.79 Å². The molecule has 2 aromatic rings. The average molecular weight is 369 g/mol. The van der Waals surface area contributed by atoms with Crippen molar-refractivity contribution in [3.8, 4) is 0 Å². The van der Waals surface area contributed by atoms with E-state index in [-0.39, 0.29) is 0 Å². The molecular weight excluding hydrogens is 354 g/mol. The third-order valence-electron chi connectivity index (χ3n) is 3.23. The lowest BCUT2D eigenvalue weighted by Gasteiger charge is -2.30. The van der Waals surface area contributed by atoms with Crippen molar-refractivity contribution in [2.75, 3.05) is 12.4 Å². The number of nitrogens with one attached hydrogen (secondary N) is 1. The quantitative estimate of drug-likeness (QED) is 0.801. The van der Waals surface area contributed by atoms with Gasteiger partial charge in [-0.3, -0.25) is 0 Å². The van der Waals surface area contributed by atoms with Gasteiger partial charge >= 0.3 is 5.97 Å². The molecule has 110 valence electrons. The van der Waals surface area contributed by atoms with Crippen molar-refractivity contribution in [2.24, 2.45) is 0 Å². The first-order valence-corrected chi connectivity index (χ1v) is 7.51. The van der Waals surface area contributed by atoms with E-state index in [1.807, 2.05) is 42.5 Å². The van der Waals surface area contributed by atoms with Crippen LogP contribution in [-0.2, 0) is 15.1 Å². The number of hydrogen-bond donors (Lipinski definition) is 1. The Hall–Kier alpha value is -1.52. The molecule has 5 heteroatoms. The van der Waals surface area contributed by atoms with Crippen LogP contribution in [0.4, 0.5) is 5.69 Å². The zero-order valence-electron chi connectivity index (χ0n) is 11.7. The van der Waals surface area contributed by atoms with Gasteiger partial charge in [-0.1, -0.05) is 51.8 Å². The Kier molecular flexibility index (Phi) is 4.91. The normalized spacial score (nSPS) is 13.3. The van der Waals surface area contributed by atoms with Crippen LogP contribution in [0.25, 0.3) is 0 Å². The molecule has 1 unspecified atom stereocenters.